The average molecular weight is 297 g/mol. The molecule has 5 heteroatoms. The normalized spacial score (nSPS) is 10.1. The van der Waals surface area contributed by atoms with Crippen LogP contribution in [0, 0.1) is 11.3 Å². The van der Waals surface area contributed by atoms with Gasteiger partial charge in [0.25, 0.3) is 0 Å². The fourth-order valence-corrected chi connectivity index (χ4v) is 2.12. The van der Waals surface area contributed by atoms with E-state index in [2.05, 4.69) is 11.4 Å². The first-order valence-corrected chi connectivity index (χ1v) is 7.17. The van der Waals surface area contributed by atoms with E-state index in [1.807, 2.05) is 12.1 Å². The van der Waals surface area contributed by atoms with E-state index in [-0.39, 0.29) is 0 Å². The van der Waals surface area contributed by atoms with Crippen molar-refractivity contribution in [2.45, 2.75) is 19.3 Å². The number of hydrogen-bond acceptors (Lipinski definition) is 4. The van der Waals surface area contributed by atoms with Crippen LogP contribution in [0.4, 0.5) is 0 Å². The zero-order valence-corrected chi connectivity index (χ0v) is 12.8. The second-order valence-electron chi connectivity index (χ2n) is 4.35. The fourth-order valence-electron chi connectivity index (χ4n) is 1.99. The minimum atomic E-state index is 0.372. The van der Waals surface area contributed by atoms with Crippen LogP contribution >= 0.6 is 11.6 Å². The first-order valence-electron chi connectivity index (χ1n) is 6.64. The highest BCUT2D eigenvalue weighted by Gasteiger charge is 2.10. The molecule has 0 aliphatic rings. The number of nitrogens with zero attached hydrogens (tertiary/aromatic N) is 1. The van der Waals surface area contributed by atoms with Crippen molar-refractivity contribution in [1.82, 2.24) is 5.32 Å². The Hall–Kier alpha value is -1.44. The molecule has 0 aliphatic heterocycles. The van der Waals surface area contributed by atoms with Gasteiger partial charge in [-0.3, -0.25) is 0 Å². The number of alkyl halides is 1. The Morgan fingerprint density at radius 2 is 1.80 bits per heavy atom. The van der Waals surface area contributed by atoms with Crippen molar-refractivity contribution in [3.05, 3.63) is 23.3 Å². The SMILES string of the molecule is COc1cc(CC#N)c(CCNCCCCl)cc1OC. The third-order valence-corrected chi connectivity index (χ3v) is 3.30. The van der Waals surface area contributed by atoms with Crippen LogP contribution in [0.25, 0.3) is 0 Å². The Bertz CT molecular complexity index is 458. The highest BCUT2D eigenvalue weighted by Crippen LogP contribution is 2.31. The number of rotatable bonds is 9. The molecule has 20 heavy (non-hydrogen) atoms. The summed E-state index contributed by atoms with van der Waals surface area (Å²) in [7, 11) is 3.21. The average Bonchev–Trinajstić information content (AvgIpc) is 2.48. The highest BCUT2D eigenvalue weighted by molar-refractivity contribution is 6.17. The molecule has 0 atom stereocenters. The van der Waals surface area contributed by atoms with Crippen molar-refractivity contribution in [3.8, 4) is 17.6 Å². The van der Waals surface area contributed by atoms with E-state index in [0.29, 0.717) is 23.8 Å². The van der Waals surface area contributed by atoms with Crippen molar-refractivity contribution in [2.24, 2.45) is 0 Å². The summed E-state index contributed by atoms with van der Waals surface area (Å²) in [5, 5.41) is 12.3. The predicted molar refractivity (Wildman–Crippen MR) is 80.8 cm³/mol. The lowest BCUT2D eigenvalue weighted by Crippen LogP contribution is -2.19. The summed E-state index contributed by atoms with van der Waals surface area (Å²) < 4.78 is 10.6. The molecule has 0 aromatic heterocycles. The number of methoxy groups -OCH3 is 2. The predicted octanol–water partition coefficient (Wildman–Crippen LogP) is 2.53. The van der Waals surface area contributed by atoms with Crippen molar-refractivity contribution < 1.29 is 9.47 Å². The lowest BCUT2D eigenvalue weighted by Gasteiger charge is -2.14. The Morgan fingerprint density at radius 3 is 2.35 bits per heavy atom. The summed E-state index contributed by atoms with van der Waals surface area (Å²) in [4.78, 5) is 0. The molecule has 0 unspecified atom stereocenters. The molecule has 0 spiro atoms. The molecule has 4 nitrogen and oxygen atoms in total. The first-order chi connectivity index (χ1) is 9.76. The summed E-state index contributed by atoms with van der Waals surface area (Å²) in [5.41, 5.74) is 2.10. The van der Waals surface area contributed by atoms with Crippen LogP contribution < -0.4 is 14.8 Å². The number of nitriles is 1. The highest BCUT2D eigenvalue weighted by atomic mass is 35.5. The molecular formula is C15H21ClN2O2. The summed E-state index contributed by atoms with van der Waals surface area (Å²) in [6.45, 7) is 1.76. The van der Waals surface area contributed by atoms with Crippen molar-refractivity contribution in [1.29, 1.82) is 5.26 Å². The standard InChI is InChI=1S/C15H21ClN2O2/c1-19-14-10-12(4-7-17)13(11-15(14)20-2)5-9-18-8-3-6-16/h10-11,18H,3-6,8-9H2,1-2H3. The number of ether oxygens (including phenoxy) is 2. The number of benzene rings is 1. The molecule has 0 bridgehead atoms. The number of hydrogen-bond donors (Lipinski definition) is 1. The van der Waals surface area contributed by atoms with Crippen LogP contribution in [0.1, 0.15) is 17.5 Å². The fraction of sp³-hybridized carbons (Fsp3) is 0.533. The van der Waals surface area contributed by atoms with Gasteiger partial charge in [-0.1, -0.05) is 0 Å². The molecule has 0 saturated carbocycles. The largest absolute Gasteiger partial charge is 0.493 e. The van der Waals surface area contributed by atoms with E-state index in [9.17, 15) is 0 Å². The van der Waals surface area contributed by atoms with Crippen molar-refractivity contribution in [2.75, 3.05) is 33.2 Å². The molecule has 0 saturated heterocycles. The topological polar surface area (TPSA) is 54.3 Å². The zero-order valence-electron chi connectivity index (χ0n) is 12.0. The molecule has 0 heterocycles. The zero-order chi connectivity index (χ0) is 14.8. The van der Waals surface area contributed by atoms with E-state index in [0.717, 1.165) is 37.1 Å². The Morgan fingerprint density at radius 1 is 1.15 bits per heavy atom. The molecule has 1 aromatic carbocycles. The van der Waals surface area contributed by atoms with Gasteiger partial charge in [-0.15, -0.1) is 11.6 Å². The van der Waals surface area contributed by atoms with Gasteiger partial charge in [0.2, 0.25) is 0 Å². The molecule has 0 aliphatic carbocycles. The Balaban J connectivity index is 2.78. The smallest absolute Gasteiger partial charge is 0.161 e. The number of nitrogens with one attached hydrogen (secondary N) is 1. The molecule has 1 rings (SSSR count). The van der Waals surface area contributed by atoms with Crippen molar-refractivity contribution >= 4 is 11.6 Å². The Labute approximate surface area is 125 Å². The second-order valence-corrected chi connectivity index (χ2v) is 4.73. The third-order valence-electron chi connectivity index (χ3n) is 3.03. The minimum absolute atomic E-state index is 0.372. The van der Waals surface area contributed by atoms with E-state index >= 15 is 0 Å². The molecule has 1 N–H and O–H groups in total. The molecule has 110 valence electrons. The van der Waals surface area contributed by atoms with Gasteiger partial charge in [0.1, 0.15) is 0 Å². The van der Waals surface area contributed by atoms with Gasteiger partial charge < -0.3 is 14.8 Å². The van der Waals surface area contributed by atoms with Gasteiger partial charge in [-0.05, 0) is 49.2 Å². The molecule has 0 radical (unpaired) electrons. The summed E-state index contributed by atoms with van der Waals surface area (Å²) >= 11 is 5.63. The summed E-state index contributed by atoms with van der Waals surface area (Å²) in [6, 6.07) is 6.03. The van der Waals surface area contributed by atoms with Crippen molar-refractivity contribution in [3.63, 3.8) is 0 Å². The maximum Gasteiger partial charge on any atom is 0.161 e. The van der Waals surface area contributed by atoms with Crippen LogP contribution in [0.15, 0.2) is 12.1 Å². The van der Waals surface area contributed by atoms with Gasteiger partial charge in [0, 0.05) is 5.88 Å². The summed E-state index contributed by atoms with van der Waals surface area (Å²) in [5.74, 6) is 2.03. The van der Waals surface area contributed by atoms with Crippen LogP contribution in [0.2, 0.25) is 0 Å². The lowest BCUT2D eigenvalue weighted by atomic mass is 10.0. The van der Waals surface area contributed by atoms with Gasteiger partial charge in [-0.25, -0.2) is 0 Å². The summed E-state index contributed by atoms with van der Waals surface area (Å²) in [6.07, 6.45) is 2.18. The molecular weight excluding hydrogens is 276 g/mol. The maximum atomic E-state index is 8.92. The van der Waals surface area contributed by atoms with Crippen LogP contribution in [-0.2, 0) is 12.8 Å². The molecule has 0 amide bonds. The van der Waals surface area contributed by atoms with Gasteiger partial charge in [0.15, 0.2) is 11.5 Å². The molecule has 1 aromatic rings. The quantitative estimate of drug-likeness (QED) is 0.562. The molecule has 0 fully saturated rings. The lowest BCUT2D eigenvalue weighted by molar-refractivity contribution is 0.354. The van der Waals surface area contributed by atoms with Crippen LogP contribution in [0.3, 0.4) is 0 Å². The second kappa shape index (κ2) is 9.46. The van der Waals surface area contributed by atoms with Gasteiger partial charge in [-0.2, -0.15) is 5.26 Å². The third kappa shape index (κ3) is 4.92. The number of halogens is 1. The van der Waals surface area contributed by atoms with Crippen LogP contribution in [0.5, 0.6) is 11.5 Å². The minimum Gasteiger partial charge on any atom is -0.493 e. The Kier molecular flexibility index (Phi) is 7.86. The monoisotopic (exact) mass is 296 g/mol. The van der Waals surface area contributed by atoms with Gasteiger partial charge in [0.05, 0.1) is 26.7 Å². The van der Waals surface area contributed by atoms with Gasteiger partial charge >= 0.3 is 0 Å². The first kappa shape index (κ1) is 16.6. The van der Waals surface area contributed by atoms with E-state index in [1.54, 1.807) is 14.2 Å². The van der Waals surface area contributed by atoms with E-state index in [4.69, 9.17) is 26.3 Å². The van der Waals surface area contributed by atoms with E-state index in [1.165, 1.54) is 0 Å². The van der Waals surface area contributed by atoms with E-state index < -0.39 is 0 Å². The maximum absolute atomic E-state index is 8.92. The van der Waals surface area contributed by atoms with Crippen LogP contribution in [-0.4, -0.2) is 33.2 Å².